The van der Waals surface area contributed by atoms with Crippen LogP contribution in [0.25, 0.3) is 6.08 Å². The number of methoxy groups -OCH3 is 3. The number of aliphatic hydroxyl groups excluding tert-OH is 1. The molecule has 0 radical (unpaired) electrons. The van der Waals surface area contributed by atoms with Crippen molar-refractivity contribution in [2.24, 2.45) is 0 Å². The molecule has 0 saturated carbocycles. The number of anilines is 1. The molecule has 0 fully saturated rings. The summed E-state index contributed by atoms with van der Waals surface area (Å²) in [6.45, 7) is 13.4. The number of hydrogen-bond acceptors (Lipinski definition) is 5. The molecule has 6 heteroatoms. The summed E-state index contributed by atoms with van der Waals surface area (Å²) >= 11 is 0. The average Bonchev–Trinajstić information content (AvgIpc) is 0.790. The minimum Gasteiger partial charge on any atom is -0.496 e. The molecule has 1 aromatic carbocycles. The van der Waals surface area contributed by atoms with E-state index in [1.807, 2.05) is 0 Å². The number of aliphatic hydroxyl groups is 1. The Morgan fingerprint density at radius 3 is 0.728 bits per heavy atom. The third-order valence-corrected chi connectivity index (χ3v) is 23.3. The third-order valence-electron chi connectivity index (χ3n) is 23.3. The lowest BCUT2D eigenvalue weighted by molar-refractivity contribution is -0.527. The van der Waals surface area contributed by atoms with E-state index in [1.54, 1.807) is 21.3 Å². The van der Waals surface area contributed by atoms with Gasteiger partial charge in [0.1, 0.15) is 30.4 Å². The highest BCUT2D eigenvalue weighted by atomic mass is 16.5. The second-order valence-corrected chi connectivity index (χ2v) is 32.8. The van der Waals surface area contributed by atoms with Gasteiger partial charge in [-0.2, -0.15) is 0 Å². The average molecular weight is 1440 g/mol. The van der Waals surface area contributed by atoms with Crippen LogP contribution in [0.5, 0.6) is 5.75 Å². The Labute approximate surface area is 645 Å². The maximum absolute atomic E-state index is 11.3. The van der Waals surface area contributed by atoms with Crippen LogP contribution in [-0.2, 0) is 16.1 Å². The summed E-state index contributed by atoms with van der Waals surface area (Å²) in [4.78, 5) is 2.62. The van der Waals surface area contributed by atoms with Crippen molar-refractivity contribution in [3.63, 3.8) is 0 Å². The maximum Gasteiger partial charge on any atom is 0.207 e. The molecule has 602 valence electrons. The molecule has 1 N–H and O–H groups in total. The van der Waals surface area contributed by atoms with Gasteiger partial charge in [0.15, 0.2) is 0 Å². The SMILES string of the molecule is CCCCCCCCCCCCCCCCCCCCN(CCCCCCCCCCCCCCCCCCCC)c1cc(CO)c(C=C2C(OC)=CC(=[N+](CCCCCCCCCCCCCCCCCCCC)CCCCCCCCCCCCCCCCCCCC)C=C2OC)c(OC)c1. The van der Waals surface area contributed by atoms with Crippen molar-refractivity contribution in [3.8, 4) is 5.75 Å². The number of benzene rings is 1. The van der Waals surface area contributed by atoms with Gasteiger partial charge in [0.2, 0.25) is 5.71 Å². The van der Waals surface area contributed by atoms with Gasteiger partial charge < -0.3 is 24.2 Å². The number of allylic oxidation sites excluding steroid dienone is 2. The Kier molecular flexibility index (Phi) is 71.1. The highest BCUT2D eigenvalue weighted by Crippen LogP contribution is 2.37. The van der Waals surface area contributed by atoms with Crippen LogP contribution in [0.4, 0.5) is 5.69 Å². The van der Waals surface area contributed by atoms with Gasteiger partial charge in [-0.1, -0.05) is 451 Å². The second-order valence-electron chi connectivity index (χ2n) is 32.8. The van der Waals surface area contributed by atoms with E-state index in [0.717, 1.165) is 60.1 Å². The van der Waals surface area contributed by atoms with E-state index >= 15 is 0 Å². The molecule has 0 amide bonds. The summed E-state index contributed by atoms with van der Waals surface area (Å²) in [7, 11) is 5.41. The smallest absolute Gasteiger partial charge is 0.207 e. The molecule has 6 nitrogen and oxygen atoms in total. The van der Waals surface area contributed by atoms with Crippen molar-refractivity contribution in [2.75, 3.05) is 52.4 Å². The monoisotopic (exact) mass is 1440 g/mol. The Balaban J connectivity index is 2.15. The van der Waals surface area contributed by atoms with Gasteiger partial charge >= 0.3 is 0 Å². The molecule has 2 rings (SSSR count). The van der Waals surface area contributed by atoms with E-state index in [-0.39, 0.29) is 6.61 Å². The number of nitrogens with zero attached hydrogens (tertiary/aromatic N) is 2. The van der Waals surface area contributed by atoms with Crippen molar-refractivity contribution in [3.05, 3.63) is 52.5 Å². The Bertz CT molecular complexity index is 1950. The minimum atomic E-state index is -0.0719. The second kappa shape index (κ2) is 76.1. The molecule has 0 saturated heterocycles. The van der Waals surface area contributed by atoms with Gasteiger partial charge in [-0.15, -0.1) is 0 Å². The molecule has 0 heterocycles. The van der Waals surface area contributed by atoms with E-state index in [1.165, 1.54) is 474 Å². The van der Waals surface area contributed by atoms with Crippen LogP contribution in [-0.4, -0.2) is 62.9 Å². The number of rotatable bonds is 82. The lowest BCUT2D eigenvalue weighted by Crippen LogP contribution is -2.26. The predicted octanol–water partition coefficient (Wildman–Crippen LogP) is 32.1. The molecule has 1 aliphatic rings. The number of ether oxygens (including phenoxy) is 3. The zero-order valence-electron chi connectivity index (χ0n) is 70.9. The van der Waals surface area contributed by atoms with E-state index < -0.39 is 0 Å². The highest BCUT2D eigenvalue weighted by molar-refractivity contribution is 6.04. The molecular formula is C97H181N2O4+. The summed E-state index contributed by atoms with van der Waals surface area (Å²) in [6.07, 6.45) is 107. The Morgan fingerprint density at radius 2 is 0.515 bits per heavy atom. The third kappa shape index (κ3) is 56.2. The molecular weight excluding hydrogens is 1260 g/mol. The molecule has 0 aliphatic heterocycles. The fourth-order valence-electron chi connectivity index (χ4n) is 16.3. The topological polar surface area (TPSA) is 54.2 Å². The summed E-state index contributed by atoms with van der Waals surface area (Å²) in [5.41, 5.74) is 5.03. The molecule has 0 spiro atoms. The summed E-state index contributed by atoms with van der Waals surface area (Å²) < 4.78 is 21.7. The van der Waals surface area contributed by atoms with Crippen LogP contribution in [0.15, 0.2) is 41.4 Å². The van der Waals surface area contributed by atoms with Gasteiger partial charge in [-0.3, -0.25) is 0 Å². The molecule has 0 bridgehead atoms. The van der Waals surface area contributed by atoms with E-state index in [9.17, 15) is 5.11 Å². The van der Waals surface area contributed by atoms with Crippen molar-refractivity contribution in [2.45, 2.75) is 497 Å². The van der Waals surface area contributed by atoms with Crippen molar-refractivity contribution in [1.82, 2.24) is 0 Å². The molecule has 0 aromatic heterocycles. The molecule has 103 heavy (non-hydrogen) atoms. The van der Waals surface area contributed by atoms with Crippen molar-refractivity contribution >= 4 is 17.5 Å². The van der Waals surface area contributed by atoms with Crippen LogP contribution in [0, 0.1) is 0 Å². The first kappa shape index (κ1) is 96.3. The molecule has 0 atom stereocenters. The van der Waals surface area contributed by atoms with Crippen LogP contribution >= 0.6 is 0 Å². The lowest BCUT2D eigenvalue weighted by atomic mass is 9.97. The van der Waals surface area contributed by atoms with Gasteiger partial charge in [-0.05, 0) is 43.4 Å². The summed E-state index contributed by atoms with van der Waals surface area (Å²) in [5.74, 6) is 2.39. The van der Waals surface area contributed by atoms with Gasteiger partial charge in [0.05, 0.1) is 45.7 Å². The Morgan fingerprint density at radius 1 is 0.291 bits per heavy atom. The largest absolute Gasteiger partial charge is 0.496 e. The zero-order chi connectivity index (χ0) is 73.9. The highest BCUT2D eigenvalue weighted by Gasteiger charge is 2.26. The van der Waals surface area contributed by atoms with E-state index in [4.69, 9.17) is 14.2 Å². The fourth-order valence-corrected chi connectivity index (χ4v) is 16.3. The molecule has 1 aliphatic carbocycles. The molecule has 1 aromatic rings. The van der Waals surface area contributed by atoms with E-state index in [2.05, 4.69) is 67.5 Å². The summed E-state index contributed by atoms with van der Waals surface area (Å²) in [5, 5.41) is 11.3. The summed E-state index contributed by atoms with van der Waals surface area (Å²) in [6, 6.07) is 4.51. The van der Waals surface area contributed by atoms with Crippen molar-refractivity contribution in [1.29, 1.82) is 0 Å². The van der Waals surface area contributed by atoms with E-state index in [0.29, 0.717) is 0 Å². The van der Waals surface area contributed by atoms with Crippen molar-refractivity contribution < 1.29 is 23.9 Å². The normalized spacial score (nSPS) is 12.4. The first-order valence-corrected chi connectivity index (χ1v) is 46.9. The lowest BCUT2D eigenvalue weighted by Gasteiger charge is -2.27. The van der Waals surface area contributed by atoms with Crippen LogP contribution in [0.3, 0.4) is 0 Å². The van der Waals surface area contributed by atoms with Gasteiger partial charge in [0, 0.05) is 43.2 Å². The minimum absolute atomic E-state index is 0.0719. The predicted molar refractivity (Wildman–Crippen MR) is 459 cm³/mol. The Hall–Kier alpha value is -2.73. The fraction of sp³-hybridized carbons (Fsp3) is 0.866. The standard InChI is InChI=1S/C97H181N2O4/c1-8-12-16-20-24-28-32-36-40-44-48-52-56-60-64-68-72-76-80-98(81-77-73-69-65-61-57-53-49-45-41-37-33-29-25-21-17-13-9-2)91-84-90(89-100)93(95(85-91)101-5)88-94-96(102-6)86-92(87-97(94)103-7)99(82-78-74-70-66-62-58-54-50-46-42-38-34-30-26-22-18-14-10-3)83-79-75-71-67-63-59-55-51-47-43-39-35-31-27-23-19-15-11-4/h84-88,100H,8-83,89H2,1-7H3/q+1. The quantitative estimate of drug-likeness (QED) is 0.0520. The first-order chi connectivity index (χ1) is 51.0. The van der Waals surface area contributed by atoms with Gasteiger partial charge in [0.25, 0.3) is 0 Å². The first-order valence-electron chi connectivity index (χ1n) is 46.9. The zero-order valence-corrected chi connectivity index (χ0v) is 70.9. The van der Waals surface area contributed by atoms with Crippen LogP contribution in [0.1, 0.15) is 501 Å². The van der Waals surface area contributed by atoms with Gasteiger partial charge in [-0.25, -0.2) is 4.58 Å². The number of unbranched alkanes of at least 4 members (excludes halogenated alkanes) is 68. The maximum atomic E-state index is 11.3. The van der Waals surface area contributed by atoms with Crippen LogP contribution in [0.2, 0.25) is 0 Å². The number of hydrogen-bond donors (Lipinski definition) is 1. The molecule has 0 unspecified atom stereocenters. The van der Waals surface area contributed by atoms with Crippen LogP contribution < -0.4 is 9.64 Å².